The molecule has 0 aliphatic carbocycles. The molecule has 0 radical (unpaired) electrons. The van der Waals surface area contributed by atoms with Gasteiger partial charge in [-0.05, 0) is 29.7 Å². The van der Waals surface area contributed by atoms with Gasteiger partial charge in [0, 0.05) is 6.42 Å². The Morgan fingerprint density at radius 1 is 1.17 bits per heavy atom. The van der Waals surface area contributed by atoms with E-state index < -0.39 is 5.92 Å². The first-order valence-corrected chi connectivity index (χ1v) is 7.93. The van der Waals surface area contributed by atoms with Crippen LogP contribution in [0.3, 0.4) is 0 Å². The number of Topliss-reactive ketones (excluding diaryl/α,β-unsaturated/α-hetero) is 1. The van der Waals surface area contributed by atoms with Crippen molar-refractivity contribution < 1.29 is 9.53 Å². The molecular weight excluding hydrogens is 286 g/mol. The maximum absolute atomic E-state index is 12.5. The third-order valence-corrected chi connectivity index (χ3v) is 3.63. The summed E-state index contributed by atoms with van der Waals surface area (Å²) in [6.07, 6.45) is 2.31. The van der Waals surface area contributed by atoms with E-state index in [1.807, 2.05) is 48.5 Å². The fourth-order valence-electron chi connectivity index (χ4n) is 2.35. The molecule has 1 atom stereocenters. The molecule has 23 heavy (non-hydrogen) atoms. The van der Waals surface area contributed by atoms with Crippen LogP contribution < -0.4 is 4.74 Å². The fourth-order valence-corrected chi connectivity index (χ4v) is 2.35. The lowest BCUT2D eigenvalue weighted by Crippen LogP contribution is -2.13. The molecule has 0 N–H and O–H groups in total. The molecule has 2 aromatic rings. The van der Waals surface area contributed by atoms with Crippen molar-refractivity contribution in [2.75, 3.05) is 6.61 Å². The van der Waals surface area contributed by atoms with E-state index in [0.717, 1.165) is 18.4 Å². The number of hydrogen-bond acceptors (Lipinski definition) is 3. The summed E-state index contributed by atoms with van der Waals surface area (Å²) in [6.45, 7) is 2.75. The van der Waals surface area contributed by atoms with Crippen molar-refractivity contribution in [1.29, 1.82) is 5.26 Å². The van der Waals surface area contributed by atoms with Crippen LogP contribution in [0.15, 0.2) is 54.6 Å². The first-order valence-electron chi connectivity index (χ1n) is 7.93. The van der Waals surface area contributed by atoms with Crippen molar-refractivity contribution in [1.82, 2.24) is 0 Å². The Morgan fingerprint density at radius 2 is 1.96 bits per heavy atom. The molecule has 0 spiro atoms. The number of hydrogen-bond donors (Lipinski definition) is 0. The third kappa shape index (κ3) is 4.96. The average molecular weight is 307 g/mol. The lowest BCUT2D eigenvalue weighted by Gasteiger charge is -2.11. The monoisotopic (exact) mass is 307 g/mol. The van der Waals surface area contributed by atoms with Crippen LogP contribution in [0.1, 0.15) is 36.8 Å². The summed E-state index contributed by atoms with van der Waals surface area (Å²) in [5.74, 6) is -0.141. The Kier molecular flexibility index (Phi) is 6.38. The zero-order chi connectivity index (χ0) is 16.5. The number of carbonyl (C=O) groups is 1. The highest BCUT2D eigenvalue weighted by Gasteiger charge is 2.20. The van der Waals surface area contributed by atoms with Gasteiger partial charge in [0.15, 0.2) is 5.78 Å². The Hall–Kier alpha value is -2.60. The van der Waals surface area contributed by atoms with Crippen LogP contribution in [0.2, 0.25) is 0 Å². The quantitative estimate of drug-likeness (QED) is 0.684. The van der Waals surface area contributed by atoms with Gasteiger partial charge in [0.25, 0.3) is 0 Å². The number of rotatable bonds is 8. The van der Waals surface area contributed by atoms with Gasteiger partial charge in [0.1, 0.15) is 11.7 Å². The molecule has 0 aliphatic rings. The minimum atomic E-state index is -0.759. The predicted molar refractivity (Wildman–Crippen MR) is 90.4 cm³/mol. The molecule has 3 nitrogen and oxygen atoms in total. The van der Waals surface area contributed by atoms with Crippen molar-refractivity contribution in [2.45, 2.75) is 32.1 Å². The number of ketones is 1. The van der Waals surface area contributed by atoms with Crippen LogP contribution in [0, 0.1) is 11.3 Å². The molecule has 2 aromatic carbocycles. The van der Waals surface area contributed by atoms with Gasteiger partial charge in [-0.3, -0.25) is 4.79 Å². The third-order valence-electron chi connectivity index (χ3n) is 3.63. The van der Waals surface area contributed by atoms with Gasteiger partial charge in [-0.2, -0.15) is 5.26 Å². The van der Waals surface area contributed by atoms with Gasteiger partial charge >= 0.3 is 0 Å². The Balaban J connectivity index is 2.09. The fraction of sp³-hybridized carbons (Fsp3) is 0.300. The van der Waals surface area contributed by atoms with E-state index in [-0.39, 0.29) is 12.2 Å². The second-order valence-electron chi connectivity index (χ2n) is 5.47. The maximum atomic E-state index is 12.5. The molecule has 0 aliphatic heterocycles. The summed E-state index contributed by atoms with van der Waals surface area (Å²) in [5, 5.41) is 9.42. The zero-order valence-corrected chi connectivity index (χ0v) is 13.4. The Morgan fingerprint density at radius 3 is 2.65 bits per heavy atom. The summed E-state index contributed by atoms with van der Waals surface area (Å²) in [6, 6.07) is 18.9. The topological polar surface area (TPSA) is 50.1 Å². The molecule has 0 saturated carbocycles. The highest BCUT2D eigenvalue weighted by molar-refractivity contribution is 5.90. The van der Waals surface area contributed by atoms with Crippen LogP contribution in [0.4, 0.5) is 0 Å². The lowest BCUT2D eigenvalue weighted by atomic mass is 9.92. The molecule has 0 fully saturated rings. The molecule has 1 unspecified atom stereocenters. The standard InChI is InChI=1S/C20H21NO2/c1-2-3-12-23-18-11-7-10-17(14-18)19(15-21)20(22)13-16-8-5-4-6-9-16/h4-11,14,19H,2-3,12-13H2,1H3. The molecule has 118 valence electrons. The number of carbonyl (C=O) groups excluding carboxylic acids is 1. The van der Waals surface area contributed by atoms with Crippen molar-refractivity contribution in [3.8, 4) is 11.8 Å². The van der Waals surface area contributed by atoms with Gasteiger partial charge in [0.05, 0.1) is 12.7 Å². The van der Waals surface area contributed by atoms with Gasteiger partial charge in [0.2, 0.25) is 0 Å². The Bertz CT molecular complexity index is 674. The van der Waals surface area contributed by atoms with Crippen LogP contribution in [-0.4, -0.2) is 12.4 Å². The number of nitriles is 1. The van der Waals surface area contributed by atoms with Gasteiger partial charge in [-0.1, -0.05) is 55.8 Å². The maximum Gasteiger partial charge on any atom is 0.158 e. The molecule has 0 bridgehead atoms. The van der Waals surface area contributed by atoms with E-state index in [2.05, 4.69) is 13.0 Å². The van der Waals surface area contributed by atoms with Gasteiger partial charge in [-0.25, -0.2) is 0 Å². The van der Waals surface area contributed by atoms with Crippen molar-refractivity contribution in [3.05, 3.63) is 65.7 Å². The van der Waals surface area contributed by atoms with Crippen LogP contribution in [0.25, 0.3) is 0 Å². The summed E-state index contributed by atoms with van der Waals surface area (Å²) in [7, 11) is 0. The minimum absolute atomic E-state index is 0.0931. The molecule has 0 saturated heterocycles. The molecular formula is C20H21NO2. The van der Waals surface area contributed by atoms with Crippen molar-refractivity contribution in [2.24, 2.45) is 0 Å². The van der Waals surface area contributed by atoms with Gasteiger partial charge in [-0.15, -0.1) is 0 Å². The Labute approximate surface area is 137 Å². The first-order chi connectivity index (χ1) is 11.2. The van der Waals surface area contributed by atoms with Crippen molar-refractivity contribution >= 4 is 5.78 Å². The summed E-state index contributed by atoms with van der Waals surface area (Å²) < 4.78 is 5.66. The molecule has 0 heterocycles. The van der Waals surface area contributed by atoms with E-state index >= 15 is 0 Å². The second-order valence-corrected chi connectivity index (χ2v) is 5.47. The predicted octanol–water partition coefficient (Wildman–Crippen LogP) is 4.28. The van der Waals surface area contributed by atoms with E-state index in [1.165, 1.54) is 0 Å². The number of benzene rings is 2. The van der Waals surface area contributed by atoms with Gasteiger partial charge < -0.3 is 4.74 Å². The van der Waals surface area contributed by atoms with Crippen LogP contribution in [0.5, 0.6) is 5.75 Å². The SMILES string of the molecule is CCCCOc1cccc(C(C#N)C(=O)Cc2ccccc2)c1. The van der Waals surface area contributed by atoms with Crippen LogP contribution >= 0.6 is 0 Å². The number of ether oxygens (including phenoxy) is 1. The summed E-state index contributed by atoms with van der Waals surface area (Å²) in [4.78, 5) is 12.5. The van der Waals surface area contributed by atoms with E-state index in [1.54, 1.807) is 6.07 Å². The highest BCUT2D eigenvalue weighted by Crippen LogP contribution is 2.23. The summed E-state index contributed by atoms with van der Waals surface area (Å²) in [5.41, 5.74) is 1.62. The average Bonchev–Trinajstić information content (AvgIpc) is 2.57. The van der Waals surface area contributed by atoms with Crippen LogP contribution in [-0.2, 0) is 11.2 Å². The largest absolute Gasteiger partial charge is 0.494 e. The molecule has 2 rings (SSSR count). The molecule has 0 aromatic heterocycles. The molecule has 0 amide bonds. The highest BCUT2D eigenvalue weighted by atomic mass is 16.5. The number of unbranched alkanes of at least 4 members (excludes halogenated alkanes) is 1. The first kappa shape index (κ1) is 16.8. The normalized spacial score (nSPS) is 11.5. The van der Waals surface area contributed by atoms with E-state index in [9.17, 15) is 10.1 Å². The summed E-state index contributed by atoms with van der Waals surface area (Å²) >= 11 is 0. The van der Waals surface area contributed by atoms with Crippen molar-refractivity contribution in [3.63, 3.8) is 0 Å². The molecule has 3 heteroatoms. The lowest BCUT2D eigenvalue weighted by molar-refractivity contribution is -0.118. The van der Waals surface area contributed by atoms with E-state index in [0.29, 0.717) is 17.9 Å². The minimum Gasteiger partial charge on any atom is -0.494 e. The number of nitrogens with zero attached hydrogens (tertiary/aromatic N) is 1. The zero-order valence-electron chi connectivity index (χ0n) is 13.4. The van der Waals surface area contributed by atoms with E-state index in [4.69, 9.17) is 4.74 Å². The smallest absolute Gasteiger partial charge is 0.158 e. The second kappa shape index (κ2) is 8.75.